The summed E-state index contributed by atoms with van der Waals surface area (Å²) < 4.78 is 42.6. The fourth-order valence-corrected chi connectivity index (χ4v) is 2.66. The molecule has 1 aromatic heterocycles. The average Bonchev–Trinajstić information content (AvgIpc) is 2.71. The molecule has 2 heterocycles. The minimum Gasteiger partial charge on any atom is -0.380 e. The fraction of sp³-hybridized carbons (Fsp3) is 0.500. The molecule has 2 N–H and O–H groups in total. The van der Waals surface area contributed by atoms with Gasteiger partial charge in [-0.05, 0) is 22.0 Å². The Bertz CT molecular complexity index is 703. The van der Waals surface area contributed by atoms with Crippen LogP contribution < -0.4 is 5.32 Å². The monoisotopic (exact) mass is 428 g/mol. The highest BCUT2D eigenvalue weighted by Gasteiger charge is 2.30. The van der Waals surface area contributed by atoms with Gasteiger partial charge in [-0.15, -0.1) is 0 Å². The number of anilines is 1. The van der Waals surface area contributed by atoms with Crippen LogP contribution >= 0.6 is 15.9 Å². The predicted molar refractivity (Wildman–Crippen MR) is 95.5 cm³/mol. The number of hydrogen-bond acceptors (Lipinski definition) is 5. The van der Waals surface area contributed by atoms with Crippen LogP contribution in [0.5, 0.6) is 0 Å². The number of halogens is 4. The minimum absolute atomic E-state index is 0.00877. The van der Waals surface area contributed by atoms with Crippen molar-refractivity contribution in [3.63, 3.8) is 0 Å². The smallest absolute Gasteiger partial charge is 0.380 e. The normalized spacial score (nSPS) is 17.5. The van der Waals surface area contributed by atoms with Crippen molar-refractivity contribution in [1.29, 1.82) is 5.41 Å². The lowest BCUT2D eigenvalue weighted by Crippen LogP contribution is -2.39. The van der Waals surface area contributed by atoms with Crippen molar-refractivity contribution in [2.45, 2.75) is 11.4 Å². The first-order chi connectivity index (χ1) is 12.0. The van der Waals surface area contributed by atoms with Gasteiger partial charge >= 0.3 is 6.18 Å². The second-order valence-corrected chi connectivity index (χ2v) is 6.70. The van der Waals surface area contributed by atoms with E-state index in [-0.39, 0.29) is 47.9 Å². The van der Waals surface area contributed by atoms with Crippen molar-refractivity contribution in [1.82, 2.24) is 9.88 Å². The minimum atomic E-state index is -4.46. The van der Waals surface area contributed by atoms with Gasteiger partial charge in [-0.2, -0.15) is 13.2 Å². The molecule has 0 spiro atoms. The quantitative estimate of drug-likeness (QED) is 0.565. The first-order valence-corrected chi connectivity index (χ1v) is 8.28. The van der Waals surface area contributed by atoms with Gasteiger partial charge in [0, 0.05) is 37.1 Å². The maximum absolute atomic E-state index is 12.7. The number of hydrogen-bond donors (Lipinski definition) is 2. The summed E-state index contributed by atoms with van der Waals surface area (Å²) in [5.41, 5.74) is -0.0396. The molecule has 1 amide bonds. The predicted octanol–water partition coefficient (Wildman–Crippen LogP) is 1.70. The maximum atomic E-state index is 12.7. The number of amides is 1. The molecule has 0 aromatic carbocycles. The van der Waals surface area contributed by atoms with Crippen LogP contribution in [0.3, 0.4) is 0 Å². The van der Waals surface area contributed by atoms with E-state index in [4.69, 9.17) is 25.8 Å². The molecule has 0 bridgehead atoms. The van der Waals surface area contributed by atoms with E-state index < -0.39 is 23.8 Å². The summed E-state index contributed by atoms with van der Waals surface area (Å²) >= 11 is 2.89. The third kappa shape index (κ3) is 5.73. The van der Waals surface area contributed by atoms with Crippen molar-refractivity contribution < 1.29 is 22.7 Å². The van der Waals surface area contributed by atoms with Crippen LogP contribution in [0.1, 0.15) is 16.1 Å². The van der Waals surface area contributed by atoms with Crippen molar-refractivity contribution in [2.24, 2.45) is 0 Å². The first kappa shape index (κ1) is 20.8. The molecule has 1 saturated heterocycles. The topological polar surface area (TPSA) is 78.3 Å². The number of pyridine rings is 1. The van der Waals surface area contributed by atoms with Gasteiger partial charge in [0.1, 0.15) is 16.9 Å². The second-order valence-electron chi connectivity index (χ2n) is 5.91. The van der Waals surface area contributed by atoms with E-state index in [0.717, 1.165) is 6.20 Å². The van der Waals surface area contributed by atoms with Crippen LogP contribution in [0, 0.1) is 5.41 Å². The molecule has 6 nitrogen and oxygen atoms in total. The summed E-state index contributed by atoms with van der Waals surface area (Å²) in [4.78, 5) is 17.9. The molecule has 12 heteroatoms. The lowest BCUT2D eigenvalue weighted by molar-refractivity contribution is -0.115. The summed E-state index contributed by atoms with van der Waals surface area (Å²) in [6.45, 7) is -0.787. The van der Waals surface area contributed by atoms with Gasteiger partial charge in [0.25, 0.3) is 5.91 Å². The molecule has 1 aromatic rings. The van der Waals surface area contributed by atoms with Gasteiger partial charge in [-0.25, -0.2) is 0 Å². The molecular weight excluding hydrogens is 415 g/mol. The Morgan fingerprint density at radius 2 is 2.19 bits per heavy atom. The zero-order valence-corrected chi connectivity index (χ0v) is 15.2. The molecule has 1 aliphatic rings. The molecule has 0 aliphatic carbocycles. The molecule has 1 aliphatic heterocycles. The summed E-state index contributed by atoms with van der Waals surface area (Å²) in [5, 5.41) is 8.52. The van der Waals surface area contributed by atoms with Gasteiger partial charge in [0.2, 0.25) is 0 Å². The van der Waals surface area contributed by atoms with Crippen LogP contribution in [0.4, 0.5) is 18.9 Å². The third-order valence-electron chi connectivity index (χ3n) is 3.49. The molecule has 0 atom stereocenters. The van der Waals surface area contributed by atoms with E-state index in [1.54, 1.807) is 0 Å². The molecule has 0 saturated carbocycles. The standard InChI is InChI=1S/C14H14B2BrF3N4O2/c15-13(16)6-24(1-2-26-7-13)12(25)10-3-9(23-5-14(18,19)20)8(4-22-10)11(17)21/h3-4,21H,1-2,5-7H2,(H,22,23). The highest BCUT2D eigenvalue weighted by molar-refractivity contribution is 9.18. The number of aromatic nitrogens is 1. The molecule has 26 heavy (non-hydrogen) atoms. The van der Waals surface area contributed by atoms with Crippen molar-refractivity contribution >= 4 is 47.8 Å². The van der Waals surface area contributed by atoms with Gasteiger partial charge in [-0.3, -0.25) is 15.2 Å². The number of carbonyl (C=O) groups is 1. The Hall–Kier alpha value is -1.55. The Labute approximate surface area is 159 Å². The van der Waals surface area contributed by atoms with Crippen LogP contribution in [-0.2, 0) is 4.74 Å². The van der Waals surface area contributed by atoms with E-state index in [1.165, 1.54) is 11.0 Å². The number of nitrogens with zero attached hydrogens (tertiary/aromatic N) is 2. The van der Waals surface area contributed by atoms with Crippen LogP contribution in [0.15, 0.2) is 12.3 Å². The van der Waals surface area contributed by atoms with E-state index in [0.29, 0.717) is 0 Å². The maximum Gasteiger partial charge on any atom is 0.405 e. The molecule has 0 unspecified atom stereocenters. The highest BCUT2D eigenvalue weighted by atomic mass is 79.9. The van der Waals surface area contributed by atoms with Gasteiger partial charge in [0.05, 0.1) is 22.3 Å². The van der Waals surface area contributed by atoms with Crippen LogP contribution in [0.2, 0.25) is 5.21 Å². The second kappa shape index (κ2) is 7.99. The molecule has 136 valence electrons. The fourth-order valence-electron chi connectivity index (χ4n) is 2.34. The third-order valence-corrected chi connectivity index (χ3v) is 3.91. The Morgan fingerprint density at radius 1 is 1.50 bits per heavy atom. The Balaban J connectivity index is 2.28. The van der Waals surface area contributed by atoms with E-state index in [2.05, 4.69) is 26.2 Å². The number of ether oxygens (including phenoxy) is 1. The van der Waals surface area contributed by atoms with E-state index >= 15 is 0 Å². The van der Waals surface area contributed by atoms with Gasteiger partial charge < -0.3 is 15.0 Å². The van der Waals surface area contributed by atoms with Crippen molar-refractivity contribution in [3.8, 4) is 0 Å². The molecule has 4 radical (unpaired) electrons. The van der Waals surface area contributed by atoms with Gasteiger partial charge in [0.15, 0.2) is 0 Å². The van der Waals surface area contributed by atoms with Crippen molar-refractivity contribution in [2.75, 3.05) is 38.2 Å². The summed E-state index contributed by atoms with van der Waals surface area (Å²) in [5.74, 6) is -0.543. The largest absolute Gasteiger partial charge is 0.405 e. The highest BCUT2D eigenvalue weighted by Crippen LogP contribution is 2.25. The molecule has 2 rings (SSSR count). The van der Waals surface area contributed by atoms with Crippen molar-refractivity contribution in [3.05, 3.63) is 23.5 Å². The van der Waals surface area contributed by atoms with E-state index in [9.17, 15) is 18.0 Å². The zero-order valence-electron chi connectivity index (χ0n) is 13.6. The van der Waals surface area contributed by atoms with Crippen LogP contribution in [-0.4, -0.2) is 75.1 Å². The molecular formula is C14H14B2BrF3N4O2. The summed E-state index contributed by atoms with van der Waals surface area (Å²) in [6.07, 6.45) is -3.31. The number of carbonyl (C=O) groups excluding carboxylic acids is 1. The number of alkyl halides is 3. The SMILES string of the molecule is [B]C1([B])COCCN(C(=O)c2cc(NCC(F)(F)F)c(C(=N)Br)cn2)C1. The zero-order chi connectivity index (χ0) is 19.5. The number of nitrogens with one attached hydrogen (secondary N) is 2. The summed E-state index contributed by atoms with van der Waals surface area (Å²) in [6, 6.07) is 1.17. The lowest BCUT2D eigenvalue weighted by Gasteiger charge is -2.29. The van der Waals surface area contributed by atoms with E-state index in [1.807, 2.05) is 0 Å². The number of rotatable bonds is 4. The Morgan fingerprint density at radius 3 is 2.81 bits per heavy atom. The average molecular weight is 429 g/mol. The first-order valence-electron chi connectivity index (χ1n) is 7.48. The van der Waals surface area contributed by atoms with Crippen LogP contribution in [0.25, 0.3) is 0 Å². The molecule has 1 fully saturated rings. The lowest BCUT2D eigenvalue weighted by atomic mass is 9.55. The Kier molecular flexibility index (Phi) is 6.38. The summed E-state index contributed by atoms with van der Waals surface area (Å²) in [7, 11) is 11.7. The van der Waals surface area contributed by atoms with Gasteiger partial charge in [-0.1, -0.05) is 5.21 Å².